The highest BCUT2D eigenvalue weighted by Crippen LogP contribution is 2.27. The van der Waals surface area contributed by atoms with Crippen LogP contribution in [0.15, 0.2) is 60.8 Å². The lowest BCUT2D eigenvalue weighted by molar-refractivity contribution is 1.41. The molecule has 2 heterocycles. The second-order valence-electron chi connectivity index (χ2n) is 4.55. The summed E-state index contributed by atoms with van der Waals surface area (Å²) in [7, 11) is 0. The summed E-state index contributed by atoms with van der Waals surface area (Å²) in [5, 5.41) is 2.25. The van der Waals surface area contributed by atoms with Crippen molar-refractivity contribution in [1.82, 2.24) is 9.97 Å². The molecule has 0 bridgehead atoms. The third-order valence-electron chi connectivity index (χ3n) is 3.38. The van der Waals surface area contributed by atoms with Crippen molar-refractivity contribution in [2.24, 2.45) is 0 Å². The fourth-order valence-corrected chi connectivity index (χ4v) is 2.44. The predicted molar refractivity (Wildman–Crippen MR) is 77.9 cm³/mol. The molecule has 0 aliphatic rings. The number of nitrogens with zero attached hydrogens (tertiary/aromatic N) is 1. The molecule has 1 radical (unpaired) electrons. The first-order chi connectivity index (χ1) is 9.42. The van der Waals surface area contributed by atoms with Crippen molar-refractivity contribution in [3.8, 4) is 11.3 Å². The van der Waals surface area contributed by atoms with E-state index >= 15 is 0 Å². The topological polar surface area (TPSA) is 28.7 Å². The van der Waals surface area contributed by atoms with Crippen LogP contribution < -0.4 is 0 Å². The first-order valence-electron chi connectivity index (χ1n) is 6.26. The zero-order valence-electron chi connectivity index (χ0n) is 10.2. The highest BCUT2D eigenvalue weighted by molar-refractivity contribution is 5.95. The van der Waals surface area contributed by atoms with E-state index in [1.165, 1.54) is 0 Å². The molecule has 4 aromatic rings. The number of pyridine rings is 1. The molecule has 0 amide bonds. The maximum Gasteiger partial charge on any atom is 0.0716 e. The lowest BCUT2D eigenvalue weighted by Gasteiger charge is -2.04. The van der Waals surface area contributed by atoms with E-state index in [1.54, 1.807) is 0 Å². The molecular weight excluding hydrogens is 232 g/mol. The molecule has 2 aromatic carbocycles. The van der Waals surface area contributed by atoms with Gasteiger partial charge in [-0.15, -0.1) is 0 Å². The highest BCUT2D eigenvalue weighted by atomic mass is 14.7. The van der Waals surface area contributed by atoms with Crippen LogP contribution in [0.5, 0.6) is 0 Å². The van der Waals surface area contributed by atoms with Crippen molar-refractivity contribution in [2.75, 3.05) is 0 Å². The number of rotatable bonds is 1. The Kier molecular flexibility index (Phi) is 2.15. The lowest BCUT2D eigenvalue weighted by atomic mass is 10.1. The molecule has 0 unspecified atom stereocenters. The first-order valence-corrected chi connectivity index (χ1v) is 6.26. The molecule has 0 aliphatic heterocycles. The van der Waals surface area contributed by atoms with E-state index in [-0.39, 0.29) is 0 Å². The monoisotopic (exact) mass is 243 g/mol. The number of hydrogen-bond acceptors (Lipinski definition) is 1. The highest BCUT2D eigenvalue weighted by Gasteiger charge is 2.06. The molecule has 2 aromatic heterocycles. The van der Waals surface area contributed by atoms with Gasteiger partial charge in [-0.25, -0.2) is 4.98 Å². The van der Waals surface area contributed by atoms with Crippen LogP contribution in [-0.2, 0) is 0 Å². The zero-order chi connectivity index (χ0) is 12.7. The summed E-state index contributed by atoms with van der Waals surface area (Å²) in [5.41, 5.74) is 4.21. The SMILES string of the molecule is [c]1c[nH]c2cccc(-c3ccc4ccccc4n3)c12. The minimum atomic E-state index is 0.986. The minimum Gasteiger partial charge on any atom is -0.361 e. The summed E-state index contributed by atoms with van der Waals surface area (Å²) < 4.78 is 0. The molecule has 0 spiro atoms. The van der Waals surface area contributed by atoms with Gasteiger partial charge in [-0.2, -0.15) is 0 Å². The number of hydrogen-bond donors (Lipinski definition) is 1. The van der Waals surface area contributed by atoms with Crippen LogP contribution in [0, 0.1) is 6.07 Å². The number of para-hydroxylation sites is 1. The van der Waals surface area contributed by atoms with Crippen molar-refractivity contribution in [3.05, 3.63) is 66.9 Å². The maximum absolute atomic E-state index is 4.74. The molecule has 0 saturated carbocycles. The Hall–Kier alpha value is -2.61. The molecule has 2 nitrogen and oxygen atoms in total. The van der Waals surface area contributed by atoms with E-state index in [4.69, 9.17) is 4.98 Å². The smallest absolute Gasteiger partial charge is 0.0716 e. The van der Waals surface area contributed by atoms with Crippen molar-refractivity contribution in [2.45, 2.75) is 0 Å². The van der Waals surface area contributed by atoms with E-state index in [1.807, 2.05) is 30.5 Å². The van der Waals surface area contributed by atoms with Gasteiger partial charge in [-0.05, 0) is 18.2 Å². The van der Waals surface area contributed by atoms with Gasteiger partial charge in [-0.3, -0.25) is 0 Å². The number of benzene rings is 2. The van der Waals surface area contributed by atoms with E-state index in [0.717, 1.165) is 33.1 Å². The molecule has 19 heavy (non-hydrogen) atoms. The Balaban J connectivity index is 2.01. The molecule has 1 N–H and O–H groups in total. The number of fused-ring (bicyclic) bond motifs is 2. The van der Waals surface area contributed by atoms with Gasteiger partial charge in [0.15, 0.2) is 0 Å². The number of nitrogens with one attached hydrogen (secondary N) is 1. The normalized spacial score (nSPS) is 11.2. The van der Waals surface area contributed by atoms with Gasteiger partial charge in [0.25, 0.3) is 0 Å². The molecule has 0 aliphatic carbocycles. The minimum absolute atomic E-state index is 0.986. The molecule has 0 atom stereocenters. The summed E-state index contributed by atoms with van der Waals surface area (Å²) in [6, 6.07) is 21.8. The van der Waals surface area contributed by atoms with Crippen molar-refractivity contribution < 1.29 is 0 Å². The second-order valence-corrected chi connectivity index (χ2v) is 4.55. The first kappa shape index (κ1) is 10.3. The Bertz CT molecular complexity index is 874. The quantitative estimate of drug-likeness (QED) is 0.533. The number of aromatic amines is 1. The predicted octanol–water partition coefficient (Wildman–Crippen LogP) is 4.18. The summed E-state index contributed by atoms with van der Waals surface area (Å²) in [4.78, 5) is 7.92. The summed E-state index contributed by atoms with van der Waals surface area (Å²) in [6.45, 7) is 0. The van der Waals surface area contributed by atoms with E-state index in [9.17, 15) is 0 Å². The fraction of sp³-hybridized carbons (Fsp3) is 0. The van der Waals surface area contributed by atoms with E-state index in [2.05, 4.69) is 41.4 Å². The Morgan fingerprint density at radius 2 is 1.84 bits per heavy atom. The Morgan fingerprint density at radius 3 is 2.84 bits per heavy atom. The average molecular weight is 243 g/mol. The maximum atomic E-state index is 4.74. The summed E-state index contributed by atoms with van der Waals surface area (Å²) in [6.07, 6.45) is 1.84. The lowest BCUT2D eigenvalue weighted by Crippen LogP contribution is -1.85. The standard InChI is InChI=1S/C17H11N2/c1-2-6-15-12(4-1)8-9-17(19-15)13-5-3-7-16-14(13)10-11-18-16/h1-9,11,18H. The van der Waals surface area contributed by atoms with Crippen LogP contribution in [0.2, 0.25) is 0 Å². The van der Waals surface area contributed by atoms with Crippen molar-refractivity contribution in [3.63, 3.8) is 0 Å². The molecule has 4 rings (SSSR count). The third kappa shape index (κ3) is 1.61. The van der Waals surface area contributed by atoms with Crippen LogP contribution >= 0.6 is 0 Å². The molecule has 2 heteroatoms. The number of aromatic nitrogens is 2. The van der Waals surface area contributed by atoms with Gasteiger partial charge in [-0.1, -0.05) is 36.4 Å². The second kappa shape index (κ2) is 3.95. The molecule has 0 saturated heterocycles. The van der Waals surface area contributed by atoms with Gasteiger partial charge in [0.2, 0.25) is 0 Å². The van der Waals surface area contributed by atoms with Crippen LogP contribution in [0.4, 0.5) is 0 Å². The van der Waals surface area contributed by atoms with Crippen molar-refractivity contribution >= 4 is 21.8 Å². The van der Waals surface area contributed by atoms with E-state index < -0.39 is 0 Å². The van der Waals surface area contributed by atoms with Crippen molar-refractivity contribution in [1.29, 1.82) is 0 Å². The van der Waals surface area contributed by atoms with Crippen LogP contribution in [0.3, 0.4) is 0 Å². The van der Waals surface area contributed by atoms with Crippen LogP contribution in [-0.4, -0.2) is 9.97 Å². The van der Waals surface area contributed by atoms with E-state index in [0.29, 0.717) is 0 Å². The largest absolute Gasteiger partial charge is 0.361 e. The van der Waals surface area contributed by atoms with Gasteiger partial charge < -0.3 is 4.98 Å². The summed E-state index contributed by atoms with van der Waals surface area (Å²) >= 11 is 0. The van der Waals surface area contributed by atoms with Crippen LogP contribution in [0.25, 0.3) is 33.1 Å². The van der Waals surface area contributed by atoms with Gasteiger partial charge >= 0.3 is 0 Å². The zero-order valence-corrected chi connectivity index (χ0v) is 10.2. The van der Waals surface area contributed by atoms with Gasteiger partial charge in [0, 0.05) is 34.1 Å². The summed E-state index contributed by atoms with van der Waals surface area (Å²) in [5.74, 6) is 0. The third-order valence-corrected chi connectivity index (χ3v) is 3.38. The van der Waals surface area contributed by atoms with Gasteiger partial charge in [0.1, 0.15) is 0 Å². The van der Waals surface area contributed by atoms with Gasteiger partial charge in [0.05, 0.1) is 11.2 Å². The molecular formula is C17H11N2. The average Bonchev–Trinajstić information content (AvgIpc) is 2.95. The van der Waals surface area contributed by atoms with Crippen LogP contribution in [0.1, 0.15) is 0 Å². The fourth-order valence-electron chi connectivity index (χ4n) is 2.44. The number of H-pyrrole nitrogens is 1. The Labute approximate surface area is 110 Å². The Morgan fingerprint density at radius 1 is 0.895 bits per heavy atom. The molecule has 0 fully saturated rings. The molecule has 89 valence electrons.